The van der Waals surface area contributed by atoms with Gasteiger partial charge in [-0.1, -0.05) is 0 Å². The smallest absolute Gasteiger partial charge is 0.258 e. The molecule has 2 heterocycles. The predicted molar refractivity (Wildman–Crippen MR) is 84.2 cm³/mol. The Balaban J connectivity index is 1.96. The number of methoxy groups -OCH3 is 1. The van der Waals surface area contributed by atoms with E-state index in [1.807, 2.05) is 31.2 Å². The minimum Gasteiger partial charge on any atom is -0.497 e. The number of pyridine rings is 1. The lowest BCUT2D eigenvalue weighted by molar-refractivity contribution is 0.102. The highest BCUT2D eigenvalue weighted by Gasteiger charge is 2.13. The summed E-state index contributed by atoms with van der Waals surface area (Å²) in [5, 5.41) is 7.80. The SMILES string of the molecule is COc1ccc2cc(C(=O)Nc3ccn(C)n3)c(C)nc2c1. The van der Waals surface area contributed by atoms with E-state index in [0.29, 0.717) is 17.1 Å². The molecule has 0 bridgehead atoms. The molecule has 6 nitrogen and oxygen atoms in total. The Bertz CT molecular complexity index is 854. The lowest BCUT2D eigenvalue weighted by atomic mass is 10.1. The normalized spacial score (nSPS) is 10.7. The van der Waals surface area contributed by atoms with Crippen LogP contribution in [-0.4, -0.2) is 27.8 Å². The highest BCUT2D eigenvalue weighted by atomic mass is 16.5. The van der Waals surface area contributed by atoms with Gasteiger partial charge in [-0.05, 0) is 25.1 Å². The topological polar surface area (TPSA) is 69.0 Å². The predicted octanol–water partition coefficient (Wildman–Crippen LogP) is 2.54. The Kier molecular flexibility index (Phi) is 3.50. The van der Waals surface area contributed by atoms with Gasteiger partial charge in [0.15, 0.2) is 5.82 Å². The largest absolute Gasteiger partial charge is 0.497 e. The quantitative estimate of drug-likeness (QED) is 0.806. The summed E-state index contributed by atoms with van der Waals surface area (Å²) < 4.78 is 6.82. The zero-order valence-electron chi connectivity index (χ0n) is 12.6. The Labute approximate surface area is 127 Å². The van der Waals surface area contributed by atoms with Crippen LogP contribution in [0.25, 0.3) is 10.9 Å². The maximum Gasteiger partial charge on any atom is 0.258 e. The molecule has 1 aromatic carbocycles. The van der Waals surface area contributed by atoms with Gasteiger partial charge in [-0.25, -0.2) is 0 Å². The Morgan fingerprint density at radius 3 is 2.77 bits per heavy atom. The van der Waals surface area contributed by atoms with Crippen molar-refractivity contribution in [2.75, 3.05) is 12.4 Å². The van der Waals surface area contributed by atoms with E-state index < -0.39 is 0 Å². The minimum absolute atomic E-state index is 0.221. The van der Waals surface area contributed by atoms with Crippen LogP contribution in [0, 0.1) is 6.92 Å². The van der Waals surface area contributed by atoms with Crippen molar-refractivity contribution < 1.29 is 9.53 Å². The summed E-state index contributed by atoms with van der Waals surface area (Å²) >= 11 is 0. The molecule has 0 saturated heterocycles. The first kappa shape index (κ1) is 14.1. The molecule has 6 heteroatoms. The number of carbonyl (C=O) groups is 1. The number of anilines is 1. The van der Waals surface area contributed by atoms with Gasteiger partial charge < -0.3 is 10.1 Å². The molecule has 0 spiro atoms. The number of hydrogen-bond donors (Lipinski definition) is 1. The molecule has 0 atom stereocenters. The standard InChI is InChI=1S/C16H16N4O2/c1-10-13(16(21)18-15-6-7-20(2)19-15)8-11-4-5-12(22-3)9-14(11)17-10/h4-9H,1-3H3,(H,18,19,21). The second kappa shape index (κ2) is 5.48. The van der Waals surface area contributed by atoms with E-state index in [1.165, 1.54) is 0 Å². The first-order valence-electron chi connectivity index (χ1n) is 6.83. The van der Waals surface area contributed by atoms with Crippen LogP contribution < -0.4 is 10.1 Å². The van der Waals surface area contributed by atoms with Crippen LogP contribution in [0.1, 0.15) is 16.1 Å². The molecule has 0 aliphatic rings. The molecule has 0 fully saturated rings. The third-order valence-electron chi connectivity index (χ3n) is 3.42. The molecule has 3 aromatic rings. The molecular weight excluding hydrogens is 280 g/mol. The Morgan fingerprint density at radius 2 is 2.09 bits per heavy atom. The average Bonchev–Trinajstić information content (AvgIpc) is 2.90. The molecule has 0 aliphatic carbocycles. The fourth-order valence-corrected chi connectivity index (χ4v) is 2.27. The second-order valence-corrected chi connectivity index (χ2v) is 5.01. The molecule has 22 heavy (non-hydrogen) atoms. The van der Waals surface area contributed by atoms with E-state index in [-0.39, 0.29) is 5.91 Å². The number of amides is 1. The monoisotopic (exact) mass is 296 g/mol. The first-order chi connectivity index (χ1) is 10.6. The van der Waals surface area contributed by atoms with E-state index in [0.717, 1.165) is 16.7 Å². The lowest BCUT2D eigenvalue weighted by Gasteiger charge is -2.08. The van der Waals surface area contributed by atoms with E-state index in [9.17, 15) is 4.79 Å². The fraction of sp³-hybridized carbons (Fsp3) is 0.188. The number of nitrogens with zero attached hydrogens (tertiary/aromatic N) is 3. The maximum absolute atomic E-state index is 12.4. The number of aryl methyl sites for hydroxylation is 2. The number of ether oxygens (including phenoxy) is 1. The molecule has 0 saturated carbocycles. The van der Waals surface area contributed by atoms with Crippen LogP contribution in [0.4, 0.5) is 5.82 Å². The van der Waals surface area contributed by atoms with Crippen molar-refractivity contribution in [2.45, 2.75) is 6.92 Å². The zero-order chi connectivity index (χ0) is 15.7. The van der Waals surface area contributed by atoms with Gasteiger partial charge in [0.25, 0.3) is 5.91 Å². The highest BCUT2D eigenvalue weighted by Crippen LogP contribution is 2.22. The van der Waals surface area contributed by atoms with E-state index >= 15 is 0 Å². The van der Waals surface area contributed by atoms with Crippen LogP contribution in [0.5, 0.6) is 5.75 Å². The van der Waals surface area contributed by atoms with Crippen LogP contribution in [0.2, 0.25) is 0 Å². The average molecular weight is 296 g/mol. The number of benzene rings is 1. The van der Waals surface area contributed by atoms with Crippen molar-refractivity contribution in [1.29, 1.82) is 0 Å². The van der Waals surface area contributed by atoms with Crippen molar-refractivity contribution in [3.8, 4) is 5.75 Å². The zero-order valence-corrected chi connectivity index (χ0v) is 12.6. The van der Waals surface area contributed by atoms with Crippen molar-refractivity contribution in [3.63, 3.8) is 0 Å². The maximum atomic E-state index is 12.4. The fourth-order valence-electron chi connectivity index (χ4n) is 2.27. The third-order valence-corrected chi connectivity index (χ3v) is 3.42. The Hall–Kier alpha value is -2.89. The summed E-state index contributed by atoms with van der Waals surface area (Å²) in [6, 6.07) is 9.16. The van der Waals surface area contributed by atoms with Gasteiger partial charge in [0.1, 0.15) is 5.75 Å². The molecule has 112 valence electrons. The highest BCUT2D eigenvalue weighted by molar-refractivity contribution is 6.06. The number of carbonyl (C=O) groups excluding carboxylic acids is 1. The number of hydrogen-bond acceptors (Lipinski definition) is 4. The van der Waals surface area contributed by atoms with E-state index in [1.54, 1.807) is 31.1 Å². The van der Waals surface area contributed by atoms with Gasteiger partial charge in [0.2, 0.25) is 0 Å². The van der Waals surface area contributed by atoms with Gasteiger partial charge in [-0.3, -0.25) is 14.5 Å². The molecule has 1 N–H and O–H groups in total. The van der Waals surface area contributed by atoms with Gasteiger partial charge in [-0.15, -0.1) is 0 Å². The summed E-state index contributed by atoms with van der Waals surface area (Å²) in [4.78, 5) is 16.9. The van der Waals surface area contributed by atoms with Crippen molar-refractivity contribution in [3.05, 3.63) is 47.8 Å². The number of fused-ring (bicyclic) bond motifs is 1. The molecule has 0 radical (unpaired) electrons. The van der Waals surface area contributed by atoms with Crippen molar-refractivity contribution in [1.82, 2.24) is 14.8 Å². The molecular formula is C16H16N4O2. The summed E-state index contributed by atoms with van der Waals surface area (Å²) in [5.74, 6) is 1.04. The summed E-state index contributed by atoms with van der Waals surface area (Å²) in [5.41, 5.74) is 1.99. The van der Waals surface area contributed by atoms with E-state index in [4.69, 9.17) is 4.74 Å². The summed E-state index contributed by atoms with van der Waals surface area (Å²) in [7, 11) is 3.41. The van der Waals surface area contributed by atoms with Crippen LogP contribution >= 0.6 is 0 Å². The minimum atomic E-state index is -0.221. The van der Waals surface area contributed by atoms with Crippen molar-refractivity contribution >= 4 is 22.6 Å². The Morgan fingerprint density at radius 1 is 1.27 bits per heavy atom. The number of rotatable bonds is 3. The number of aromatic nitrogens is 3. The third kappa shape index (κ3) is 2.63. The van der Waals surface area contributed by atoms with Gasteiger partial charge in [0.05, 0.1) is 23.9 Å². The summed E-state index contributed by atoms with van der Waals surface area (Å²) in [6.07, 6.45) is 1.77. The molecule has 3 rings (SSSR count). The molecule has 0 aliphatic heterocycles. The van der Waals surface area contributed by atoms with Gasteiger partial charge >= 0.3 is 0 Å². The summed E-state index contributed by atoms with van der Waals surface area (Å²) in [6.45, 7) is 1.81. The van der Waals surface area contributed by atoms with Crippen LogP contribution in [-0.2, 0) is 7.05 Å². The first-order valence-corrected chi connectivity index (χ1v) is 6.83. The molecule has 2 aromatic heterocycles. The van der Waals surface area contributed by atoms with Gasteiger partial charge in [0, 0.05) is 30.8 Å². The number of nitrogens with one attached hydrogen (secondary N) is 1. The second-order valence-electron chi connectivity index (χ2n) is 5.01. The van der Waals surface area contributed by atoms with Gasteiger partial charge in [-0.2, -0.15) is 5.10 Å². The van der Waals surface area contributed by atoms with E-state index in [2.05, 4.69) is 15.4 Å². The lowest BCUT2D eigenvalue weighted by Crippen LogP contribution is -2.14. The van der Waals surface area contributed by atoms with Crippen LogP contribution in [0.15, 0.2) is 36.5 Å². The molecule has 1 amide bonds. The molecule has 0 unspecified atom stereocenters. The van der Waals surface area contributed by atoms with Crippen LogP contribution in [0.3, 0.4) is 0 Å². The van der Waals surface area contributed by atoms with Crippen molar-refractivity contribution in [2.24, 2.45) is 7.05 Å².